The van der Waals surface area contributed by atoms with Gasteiger partial charge in [0.2, 0.25) is 0 Å². The minimum absolute atomic E-state index is 0.106. The van der Waals surface area contributed by atoms with Crippen molar-refractivity contribution < 1.29 is 4.79 Å². The topological polar surface area (TPSA) is 46.4 Å². The lowest BCUT2D eigenvalue weighted by atomic mass is 10.1. The van der Waals surface area contributed by atoms with Gasteiger partial charge < -0.3 is 9.88 Å². The molecule has 1 saturated heterocycles. The lowest BCUT2D eigenvalue weighted by Gasteiger charge is -2.11. The Morgan fingerprint density at radius 3 is 2.44 bits per heavy atom. The van der Waals surface area contributed by atoms with Crippen molar-refractivity contribution in [3.63, 3.8) is 0 Å². The van der Waals surface area contributed by atoms with E-state index in [-0.39, 0.29) is 5.91 Å². The lowest BCUT2D eigenvalue weighted by molar-refractivity contribution is -0.115. The van der Waals surface area contributed by atoms with Gasteiger partial charge >= 0.3 is 0 Å². The van der Waals surface area contributed by atoms with Crippen LogP contribution in [0.5, 0.6) is 0 Å². The summed E-state index contributed by atoms with van der Waals surface area (Å²) in [6, 6.07) is 18.9. The molecule has 5 heteroatoms. The number of hydrogen-bond acceptors (Lipinski definition) is 3. The molecule has 0 bridgehead atoms. The number of nitrogens with one attached hydrogen (secondary N) is 1. The number of nitrogens with zero attached hydrogens (tertiary/aromatic N) is 2. The van der Waals surface area contributed by atoms with Gasteiger partial charge in [-0.15, -0.1) is 0 Å². The van der Waals surface area contributed by atoms with Gasteiger partial charge in [-0.1, -0.05) is 43.2 Å². The zero-order valence-electron chi connectivity index (χ0n) is 19.1. The first-order valence-corrected chi connectivity index (χ1v) is 11.9. The molecule has 32 heavy (non-hydrogen) atoms. The van der Waals surface area contributed by atoms with Crippen LogP contribution in [-0.4, -0.2) is 15.6 Å². The van der Waals surface area contributed by atoms with Gasteiger partial charge in [0, 0.05) is 17.1 Å². The van der Waals surface area contributed by atoms with E-state index >= 15 is 0 Å². The van der Waals surface area contributed by atoms with Crippen LogP contribution in [0.3, 0.4) is 0 Å². The van der Waals surface area contributed by atoms with Crippen molar-refractivity contribution in [2.45, 2.75) is 47.0 Å². The van der Waals surface area contributed by atoms with Crippen molar-refractivity contribution in [1.29, 1.82) is 0 Å². The van der Waals surface area contributed by atoms with Crippen molar-refractivity contribution in [2.24, 2.45) is 4.99 Å². The third-order valence-electron chi connectivity index (χ3n) is 5.69. The second kappa shape index (κ2) is 9.61. The first-order valence-electron chi connectivity index (χ1n) is 11.1. The maximum absolute atomic E-state index is 12.5. The number of carbonyl (C=O) groups is 1. The molecule has 0 radical (unpaired) electrons. The van der Waals surface area contributed by atoms with Crippen molar-refractivity contribution in [3.8, 4) is 5.69 Å². The highest BCUT2D eigenvalue weighted by atomic mass is 32.2. The predicted molar refractivity (Wildman–Crippen MR) is 136 cm³/mol. The Morgan fingerprint density at radius 2 is 1.75 bits per heavy atom. The highest BCUT2D eigenvalue weighted by molar-refractivity contribution is 8.18. The summed E-state index contributed by atoms with van der Waals surface area (Å²) < 4.78 is 2.24. The zero-order valence-corrected chi connectivity index (χ0v) is 19.9. The summed E-state index contributed by atoms with van der Waals surface area (Å²) in [6.07, 6.45) is 5.51. The summed E-state index contributed by atoms with van der Waals surface area (Å²) in [5.41, 5.74) is 7.85. The van der Waals surface area contributed by atoms with Crippen LogP contribution in [0.4, 0.5) is 5.69 Å². The Hall–Kier alpha value is -3.05. The quantitative estimate of drug-likeness (QED) is 0.434. The van der Waals surface area contributed by atoms with Gasteiger partial charge in [-0.25, -0.2) is 4.99 Å². The third kappa shape index (κ3) is 4.89. The van der Waals surface area contributed by atoms with Crippen LogP contribution in [0.15, 0.2) is 64.5 Å². The van der Waals surface area contributed by atoms with E-state index in [0.717, 1.165) is 34.7 Å². The van der Waals surface area contributed by atoms with E-state index < -0.39 is 0 Å². The van der Waals surface area contributed by atoms with Gasteiger partial charge in [-0.05, 0) is 92.9 Å². The number of carbonyl (C=O) groups excluding carboxylic acids is 1. The summed E-state index contributed by atoms with van der Waals surface area (Å²) >= 11 is 1.38. The SMILES string of the molecule is CCCCc1ccc(-n2c(C)cc(/C=C3/SC(=Nc4ccc(C)cc4)NC3=O)c2C)cc1. The highest BCUT2D eigenvalue weighted by Crippen LogP contribution is 2.30. The Bertz CT molecular complexity index is 1180. The molecule has 2 heterocycles. The standard InChI is InChI=1S/C27H29N3OS/c1-5-6-7-21-10-14-24(15-11-21)30-19(3)16-22(20(30)4)17-25-26(31)29-27(32-25)28-23-12-8-18(2)9-13-23/h8-17H,5-7H2,1-4H3,(H,28,29,31)/b25-17+. The summed E-state index contributed by atoms with van der Waals surface area (Å²) in [4.78, 5) is 17.8. The number of aromatic nitrogens is 1. The minimum Gasteiger partial charge on any atom is -0.318 e. The molecule has 164 valence electrons. The predicted octanol–water partition coefficient (Wildman–Crippen LogP) is 6.64. The van der Waals surface area contributed by atoms with Crippen LogP contribution >= 0.6 is 11.8 Å². The van der Waals surface area contributed by atoms with Crippen LogP contribution in [0.2, 0.25) is 0 Å². The van der Waals surface area contributed by atoms with Gasteiger partial charge in [0.25, 0.3) is 5.91 Å². The van der Waals surface area contributed by atoms with Crippen molar-refractivity contribution in [1.82, 2.24) is 9.88 Å². The molecule has 2 aromatic carbocycles. The Labute approximate surface area is 194 Å². The smallest absolute Gasteiger partial charge is 0.264 e. The van der Waals surface area contributed by atoms with Crippen LogP contribution in [0.1, 0.15) is 47.8 Å². The molecular weight excluding hydrogens is 414 g/mol. The average molecular weight is 444 g/mol. The second-order valence-electron chi connectivity index (χ2n) is 8.25. The molecule has 4 rings (SSSR count). The molecule has 1 aliphatic heterocycles. The van der Waals surface area contributed by atoms with Gasteiger partial charge in [0.05, 0.1) is 10.6 Å². The van der Waals surface area contributed by atoms with Gasteiger partial charge in [-0.2, -0.15) is 0 Å². The number of amides is 1. The molecule has 1 N–H and O–H groups in total. The van der Waals surface area contributed by atoms with Crippen LogP contribution < -0.4 is 5.32 Å². The number of unbranched alkanes of at least 4 members (excludes halogenated alkanes) is 1. The third-order valence-corrected chi connectivity index (χ3v) is 6.60. The molecule has 1 aromatic heterocycles. The molecule has 4 nitrogen and oxygen atoms in total. The number of hydrogen-bond donors (Lipinski definition) is 1. The maximum Gasteiger partial charge on any atom is 0.264 e. The monoisotopic (exact) mass is 443 g/mol. The Morgan fingerprint density at radius 1 is 1.03 bits per heavy atom. The average Bonchev–Trinajstić information content (AvgIpc) is 3.26. The zero-order chi connectivity index (χ0) is 22.7. The van der Waals surface area contributed by atoms with Gasteiger partial charge in [0.1, 0.15) is 0 Å². The molecule has 0 atom stereocenters. The number of rotatable bonds is 6. The molecule has 0 spiro atoms. The van der Waals surface area contributed by atoms with E-state index in [9.17, 15) is 4.79 Å². The van der Waals surface area contributed by atoms with E-state index in [1.807, 2.05) is 37.3 Å². The van der Waals surface area contributed by atoms with Gasteiger partial charge in [-0.3, -0.25) is 4.79 Å². The molecule has 0 aliphatic carbocycles. The fraction of sp³-hybridized carbons (Fsp3) is 0.259. The van der Waals surface area contributed by atoms with Crippen molar-refractivity contribution >= 4 is 34.6 Å². The van der Waals surface area contributed by atoms with E-state index in [1.165, 1.54) is 35.7 Å². The highest BCUT2D eigenvalue weighted by Gasteiger charge is 2.24. The molecule has 3 aromatic rings. The van der Waals surface area contributed by atoms with Crippen molar-refractivity contribution in [2.75, 3.05) is 0 Å². The number of thioether (sulfide) groups is 1. The first-order chi connectivity index (χ1) is 15.4. The maximum atomic E-state index is 12.5. The number of aliphatic imine (C=N–C) groups is 1. The summed E-state index contributed by atoms with van der Waals surface area (Å²) in [5.74, 6) is -0.106. The normalized spacial score (nSPS) is 16.2. The van der Waals surface area contributed by atoms with Crippen LogP contribution in [0.25, 0.3) is 11.8 Å². The number of aryl methyl sites for hydroxylation is 3. The molecular formula is C27H29N3OS. The summed E-state index contributed by atoms with van der Waals surface area (Å²) in [6.45, 7) is 8.47. The molecule has 1 amide bonds. The minimum atomic E-state index is -0.106. The van der Waals surface area contributed by atoms with Crippen LogP contribution in [-0.2, 0) is 11.2 Å². The fourth-order valence-corrected chi connectivity index (χ4v) is 4.71. The summed E-state index contributed by atoms with van der Waals surface area (Å²) in [5, 5.41) is 3.49. The fourth-order valence-electron chi connectivity index (χ4n) is 3.88. The Balaban J connectivity index is 1.57. The Kier molecular flexibility index (Phi) is 6.66. The van der Waals surface area contributed by atoms with Gasteiger partial charge in [0.15, 0.2) is 5.17 Å². The first kappa shape index (κ1) is 22.2. The van der Waals surface area contributed by atoms with E-state index in [0.29, 0.717) is 10.1 Å². The lowest BCUT2D eigenvalue weighted by Crippen LogP contribution is -2.19. The molecule has 0 unspecified atom stereocenters. The van der Waals surface area contributed by atoms with Crippen molar-refractivity contribution in [3.05, 3.63) is 87.6 Å². The number of benzene rings is 2. The molecule has 1 fully saturated rings. The molecule has 1 aliphatic rings. The largest absolute Gasteiger partial charge is 0.318 e. The van der Waals surface area contributed by atoms with E-state index in [4.69, 9.17) is 0 Å². The summed E-state index contributed by atoms with van der Waals surface area (Å²) in [7, 11) is 0. The van der Waals surface area contributed by atoms with Crippen LogP contribution in [0, 0.1) is 20.8 Å². The number of amidine groups is 1. The molecule has 0 saturated carbocycles. The van der Waals surface area contributed by atoms with E-state index in [1.54, 1.807) is 0 Å². The van der Waals surface area contributed by atoms with E-state index in [2.05, 4.69) is 66.0 Å². The second-order valence-corrected chi connectivity index (χ2v) is 9.28.